The molecule has 0 saturated heterocycles. The van der Waals surface area contributed by atoms with Crippen molar-refractivity contribution in [3.63, 3.8) is 0 Å². The number of benzene rings is 1. The predicted octanol–water partition coefficient (Wildman–Crippen LogP) is 3.77. The molecule has 0 saturated carbocycles. The molecule has 1 unspecified atom stereocenters. The second kappa shape index (κ2) is 8.38. The highest BCUT2D eigenvalue weighted by Gasteiger charge is 2.26. The lowest BCUT2D eigenvalue weighted by atomic mass is 9.87. The average molecular weight is 452 g/mol. The third-order valence-corrected chi connectivity index (χ3v) is 7.20. The fourth-order valence-corrected chi connectivity index (χ4v) is 5.71. The molecule has 4 aromatic rings. The highest BCUT2D eigenvalue weighted by Crippen LogP contribution is 2.42. The van der Waals surface area contributed by atoms with Crippen LogP contribution in [-0.4, -0.2) is 46.3 Å². The van der Waals surface area contributed by atoms with Crippen molar-refractivity contribution in [3.05, 3.63) is 46.4 Å². The minimum Gasteiger partial charge on any atom is -0.493 e. The van der Waals surface area contributed by atoms with Gasteiger partial charge in [-0.25, -0.2) is 14.5 Å². The van der Waals surface area contributed by atoms with E-state index in [0.29, 0.717) is 36.0 Å². The van der Waals surface area contributed by atoms with Crippen LogP contribution in [0.4, 0.5) is 0 Å². The Morgan fingerprint density at radius 2 is 2.12 bits per heavy atom. The van der Waals surface area contributed by atoms with Crippen LogP contribution in [-0.2, 0) is 12.8 Å². The lowest BCUT2D eigenvalue weighted by Gasteiger charge is -2.18. The predicted molar refractivity (Wildman–Crippen MR) is 123 cm³/mol. The number of thiophene rings is 1. The first-order valence-corrected chi connectivity index (χ1v) is 11.6. The summed E-state index contributed by atoms with van der Waals surface area (Å²) >= 11 is 1.74. The maximum atomic E-state index is 12.7. The Bertz CT molecular complexity index is 1310. The molecule has 1 N–H and O–H groups in total. The van der Waals surface area contributed by atoms with Crippen LogP contribution in [0.25, 0.3) is 15.9 Å². The number of methoxy groups -OCH3 is 2. The Labute approximate surface area is 189 Å². The van der Waals surface area contributed by atoms with Gasteiger partial charge in [0.1, 0.15) is 11.2 Å². The molecule has 32 heavy (non-hydrogen) atoms. The first-order valence-electron chi connectivity index (χ1n) is 10.7. The summed E-state index contributed by atoms with van der Waals surface area (Å²) in [5, 5.41) is 8.36. The summed E-state index contributed by atoms with van der Waals surface area (Å²) in [5.74, 6) is 1.69. The molecule has 1 aliphatic rings. The van der Waals surface area contributed by atoms with E-state index < -0.39 is 0 Å². The minimum absolute atomic E-state index is 0.162. The van der Waals surface area contributed by atoms with Crippen molar-refractivity contribution in [1.82, 2.24) is 24.9 Å². The quantitative estimate of drug-likeness (QED) is 0.480. The second-order valence-electron chi connectivity index (χ2n) is 8.06. The van der Waals surface area contributed by atoms with E-state index in [-0.39, 0.29) is 11.7 Å². The van der Waals surface area contributed by atoms with Gasteiger partial charge in [-0.3, -0.25) is 4.79 Å². The van der Waals surface area contributed by atoms with Gasteiger partial charge in [0.2, 0.25) is 5.82 Å². The molecule has 9 heteroatoms. The number of hydrogen-bond donors (Lipinski definition) is 1. The number of amides is 1. The maximum Gasteiger partial charge on any atom is 0.291 e. The summed E-state index contributed by atoms with van der Waals surface area (Å²) in [5.41, 5.74) is 3.09. The van der Waals surface area contributed by atoms with Crippen LogP contribution in [0.2, 0.25) is 0 Å². The molecule has 1 amide bonds. The number of ether oxygens (including phenoxy) is 2. The van der Waals surface area contributed by atoms with Crippen molar-refractivity contribution in [3.8, 4) is 11.5 Å². The van der Waals surface area contributed by atoms with Gasteiger partial charge in [0.15, 0.2) is 17.1 Å². The van der Waals surface area contributed by atoms with Crippen LogP contribution in [0, 0.1) is 0 Å². The van der Waals surface area contributed by atoms with E-state index in [9.17, 15) is 4.79 Å². The van der Waals surface area contributed by atoms with E-state index >= 15 is 0 Å². The number of fused-ring (bicyclic) bond motifs is 5. The molecule has 0 bridgehead atoms. The van der Waals surface area contributed by atoms with Crippen LogP contribution in [0.15, 0.2) is 24.5 Å². The first kappa shape index (κ1) is 20.7. The number of aromatic nitrogens is 4. The Morgan fingerprint density at radius 3 is 2.94 bits per heavy atom. The molecule has 3 aromatic heterocycles. The summed E-state index contributed by atoms with van der Waals surface area (Å²) in [6.45, 7) is 2.72. The van der Waals surface area contributed by atoms with Gasteiger partial charge < -0.3 is 14.8 Å². The molecule has 166 valence electrons. The molecule has 8 nitrogen and oxygen atoms in total. The van der Waals surface area contributed by atoms with E-state index in [1.165, 1.54) is 16.9 Å². The molecule has 1 aliphatic carbocycles. The number of aryl methyl sites for hydroxylation is 1. The van der Waals surface area contributed by atoms with Crippen LogP contribution in [0.3, 0.4) is 0 Å². The summed E-state index contributed by atoms with van der Waals surface area (Å²) in [4.78, 5) is 24.3. The third-order valence-electron chi connectivity index (χ3n) is 6.03. The SMILES string of the molecule is COc1ccc(CCNC(=O)c2nc3c4c5c(sc4ncn3n2)CCCC5C)cc1OC. The smallest absolute Gasteiger partial charge is 0.291 e. The van der Waals surface area contributed by atoms with Gasteiger partial charge in [0.25, 0.3) is 5.91 Å². The highest BCUT2D eigenvalue weighted by molar-refractivity contribution is 7.19. The summed E-state index contributed by atoms with van der Waals surface area (Å²) in [6, 6.07) is 5.73. The van der Waals surface area contributed by atoms with Gasteiger partial charge in [-0.1, -0.05) is 13.0 Å². The van der Waals surface area contributed by atoms with Crippen molar-refractivity contribution in [2.75, 3.05) is 20.8 Å². The Hall–Kier alpha value is -3.20. The Kier molecular flexibility index (Phi) is 5.42. The number of nitrogens with zero attached hydrogens (tertiary/aromatic N) is 4. The zero-order valence-electron chi connectivity index (χ0n) is 18.3. The van der Waals surface area contributed by atoms with E-state index in [4.69, 9.17) is 9.47 Å². The highest BCUT2D eigenvalue weighted by atomic mass is 32.1. The van der Waals surface area contributed by atoms with Crippen molar-refractivity contribution in [2.24, 2.45) is 0 Å². The fraction of sp³-hybridized carbons (Fsp3) is 0.391. The number of hydrogen-bond acceptors (Lipinski definition) is 7. The van der Waals surface area contributed by atoms with Crippen LogP contribution < -0.4 is 14.8 Å². The van der Waals surface area contributed by atoms with Gasteiger partial charge in [-0.2, -0.15) is 0 Å². The van der Waals surface area contributed by atoms with Crippen molar-refractivity contribution < 1.29 is 14.3 Å². The van der Waals surface area contributed by atoms with Gasteiger partial charge in [0.05, 0.1) is 19.6 Å². The molecule has 0 radical (unpaired) electrons. The number of rotatable bonds is 6. The summed E-state index contributed by atoms with van der Waals surface area (Å²) in [6.07, 6.45) is 5.76. The zero-order chi connectivity index (χ0) is 22.2. The molecule has 3 heterocycles. The molecule has 0 aliphatic heterocycles. The normalized spacial score (nSPS) is 15.7. The van der Waals surface area contributed by atoms with E-state index in [0.717, 1.165) is 28.6 Å². The molecule has 5 rings (SSSR count). The second-order valence-corrected chi connectivity index (χ2v) is 9.14. The fourth-order valence-electron chi connectivity index (χ4n) is 4.42. The van der Waals surface area contributed by atoms with Crippen LogP contribution >= 0.6 is 11.3 Å². The minimum atomic E-state index is -0.292. The molecular formula is C23H25N5O3S. The van der Waals surface area contributed by atoms with Crippen LogP contribution in [0.1, 0.15) is 52.3 Å². The topological polar surface area (TPSA) is 90.6 Å². The van der Waals surface area contributed by atoms with Crippen molar-refractivity contribution in [2.45, 2.75) is 38.5 Å². The largest absolute Gasteiger partial charge is 0.493 e. The molecule has 0 fully saturated rings. The van der Waals surface area contributed by atoms with E-state index in [2.05, 4.69) is 27.3 Å². The van der Waals surface area contributed by atoms with Crippen molar-refractivity contribution >= 4 is 33.1 Å². The lowest BCUT2D eigenvalue weighted by Crippen LogP contribution is -2.26. The van der Waals surface area contributed by atoms with Gasteiger partial charge >= 0.3 is 0 Å². The van der Waals surface area contributed by atoms with Gasteiger partial charge in [-0.05, 0) is 54.9 Å². The standard InChI is InChI=1S/C23H25N5O3S/c1-13-5-4-6-17-18(13)19-21-26-20(27-28(21)12-25-23(19)32-17)22(29)24-10-9-14-7-8-15(30-2)16(11-14)31-3/h7-8,11-13H,4-6,9-10H2,1-3H3,(H,24,29). The number of carbonyl (C=O) groups is 1. The average Bonchev–Trinajstić information content (AvgIpc) is 3.40. The maximum absolute atomic E-state index is 12.7. The lowest BCUT2D eigenvalue weighted by molar-refractivity contribution is 0.0944. The monoisotopic (exact) mass is 451 g/mol. The molecule has 1 aromatic carbocycles. The van der Waals surface area contributed by atoms with Gasteiger partial charge in [0, 0.05) is 11.4 Å². The third kappa shape index (κ3) is 3.56. The molecule has 0 spiro atoms. The Morgan fingerprint density at radius 1 is 1.28 bits per heavy atom. The van der Waals surface area contributed by atoms with Crippen LogP contribution in [0.5, 0.6) is 11.5 Å². The summed E-state index contributed by atoms with van der Waals surface area (Å²) in [7, 11) is 3.21. The Balaban J connectivity index is 1.35. The van der Waals surface area contributed by atoms with E-state index in [1.807, 2.05) is 18.2 Å². The van der Waals surface area contributed by atoms with E-state index in [1.54, 1.807) is 36.4 Å². The molecule has 1 atom stereocenters. The van der Waals surface area contributed by atoms with Crippen molar-refractivity contribution in [1.29, 1.82) is 0 Å². The first-order chi connectivity index (χ1) is 15.6. The zero-order valence-corrected chi connectivity index (χ0v) is 19.2. The van der Waals surface area contributed by atoms with Gasteiger partial charge in [-0.15, -0.1) is 16.4 Å². The number of carbonyl (C=O) groups excluding carboxylic acids is 1. The molecular weight excluding hydrogens is 426 g/mol. The summed E-state index contributed by atoms with van der Waals surface area (Å²) < 4.78 is 12.2. The number of nitrogens with one attached hydrogen (secondary N) is 1.